The van der Waals surface area contributed by atoms with Crippen LogP contribution in [-0.4, -0.2) is 25.4 Å². The molecule has 0 amide bonds. The maximum atomic E-state index is 5.91. The van der Waals surface area contributed by atoms with Gasteiger partial charge in [0.05, 0.1) is 11.2 Å². The predicted molar refractivity (Wildman–Crippen MR) is 80.1 cm³/mol. The van der Waals surface area contributed by atoms with Gasteiger partial charge in [-0.05, 0) is 52.0 Å². The van der Waals surface area contributed by atoms with Crippen LogP contribution in [0.4, 0.5) is 5.69 Å². The lowest BCUT2D eigenvalue weighted by atomic mass is 9.90. The lowest BCUT2D eigenvalue weighted by Gasteiger charge is -2.32. The Balaban J connectivity index is 2.01. The number of nitrogens with zero attached hydrogens (tertiary/aromatic N) is 1. The minimum Gasteiger partial charge on any atom is -0.400 e. The van der Waals surface area contributed by atoms with Gasteiger partial charge in [-0.2, -0.15) is 0 Å². The van der Waals surface area contributed by atoms with Gasteiger partial charge < -0.3 is 14.2 Å². The van der Waals surface area contributed by atoms with E-state index in [1.54, 1.807) is 0 Å². The third-order valence-corrected chi connectivity index (χ3v) is 3.90. The second-order valence-electron chi connectivity index (χ2n) is 5.91. The average molecular weight is 259 g/mol. The molecule has 1 aromatic rings. The maximum absolute atomic E-state index is 5.91. The quantitative estimate of drug-likeness (QED) is 0.777. The third kappa shape index (κ3) is 3.02. The molecule has 0 atom stereocenters. The molecule has 1 aliphatic heterocycles. The van der Waals surface area contributed by atoms with Gasteiger partial charge in [-0.15, -0.1) is 0 Å². The van der Waals surface area contributed by atoms with Gasteiger partial charge in [0.1, 0.15) is 0 Å². The minimum absolute atomic E-state index is 0.284. The van der Waals surface area contributed by atoms with Crippen molar-refractivity contribution in [1.29, 1.82) is 0 Å². The van der Waals surface area contributed by atoms with Crippen LogP contribution >= 0.6 is 0 Å². The summed E-state index contributed by atoms with van der Waals surface area (Å²) in [6, 6.07) is 10.2. The topological polar surface area (TPSA) is 21.7 Å². The van der Waals surface area contributed by atoms with Gasteiger partial charge in [0.15, 0.2) is 0 Å². The van der Waals surface area contributed by atoms with Crippen molar-refractivity contribution in [1.82, 2.24) is 0 Å². The first kappa shape index (κ1) is 14.2. The number of para-hydroxylation sites is 1. The van der Waals surface area contributed by atoms with Crippen molar-refractivity contribution in [2.75, 3.05) is 11.9 Å². The molecule has 1 aliphatic rings. The lowest BCUT2D eigenvalue weighted by Crippen LogP contribution is -2.41. The summed E-state index contributed by atoms with van der Waals surface area (Å²) in [6.07, 6.45) is 1.98. The smallest absolute Gasteiger partial charge is 0.400 e. The molecule has 19 heavy (non-hydrogen) atoms. The number of anilines is 1. The van der Waals surface area contributed by atoms with Crippen molar-refractivity contribution in [3.63, 3.8) is 0 Å². The van der Waals surface area contributed by atoms with Crippen LogP contribution in [0, 0.1) is 0 Å². The summed E-state index contributed by atoms with van der Waals surface area (Å²) in [5.41, 5.74) is 0.566. The van der Waals surface area contributed by atoms with Crippen LogP contribution in [0.15, 0.2) is 42.5 Å². The molecule has 0 spiro atoms. The van der Waals surface area contributed by atoms with Gasteiger partial charge in [-0.1, -0.05) is 18.2 Å². The first-order valence-electron chi connectivity index (χ1n) is 6.64. The van der Waals surface area contributed by atoms with Gasteiger partial charge in [-0.25, -0.2) is 0 Å². The maximum Gasteiger partial charge on any atom is 0.488 e. The molecular weight excluding hydrogens is 237 g/mol. The molecule has 1 aromatic carbocycles. The van der Waals surface area contributed by atoms with E-state index in [9.17, 15) is 0 Å². The molecular formula is C15H22BNO2. The zero-order chi connectivity index (χ0) is 14.1. The molecule has 0 radical (unpaired) electrons. The van der Waals surface area contributed by atoms with Gasteiger partial charge in [0, 0.05) is 12.7 Å². The summed E-state index contributed by atoms with van der Waals surface area (Å²) in [4.78, 5) is 2.05. The first-order chi connectivity index (χ1) is 8.82. The molecule has 0 aliphatic carbocycles. The van der Waals surface area contributed by atoms with E-state index in [4.69, 9.17) is 9.31 Å². The van der Waals surface area contributed by atoms with Crippen LogP contribution in [0.5, 0.6) is 0 Å². The summed E-state index contributed by atoms with van der Waals surface area (Å²) >= 11 is 0. The highest BCUT2D eigenvalue weighted by atomic mass is 16.7. The van der Waals surface area contributed by atoms with Crippen LogP contribution in [0.3, 0.4) is 0 Å². The SMILES string of the molecule is CN(C=CB1OC(C)(C)C(C)(C)O1)c1ccccc1. The van der Waals surface area contributed by atoms with E-state index in [1.807, 2.05) is 42.3 Å². The number of benzene rings is 1. The summed E-state index contributed by atoms with van der Waals surface area (Å²) in [5.74, 6) is 1.95. The zero-order valence-electron chi connectivity index (χ0n) is 12.4. The van der Waals surface area contributed by atoms with Crippen LogP contribution in [0.2, 0.25) is 0 Å². The van der Waals surface area contributed by atoms with Crippen molar-refractivity contribution in [3.05, 3.63) is 42.5 Å². The van der Waals surface area contributed by atoms with Crippen molar-refractivity contribution >= 4 is 12.8 Å². The van der Waals surface area contributed by atoms with Crippen LogP contribution in [0.25, 0.3) is 0 Å². The van der Waals surface area contributed by atoms with E-state index >= 15 is 0 Å². The minimum atomic E-state index is -0.295. The zero-order valence-corrected chi connectivity index (χ0v) is 12.4. The lowest BCUT2D eigenvalue weighted by molar-refractivity contribution is 0.00578. The van der Waals surface area contributed by atoms with Crippen molar-refractivity contribution in [2.24, 2.45) is 0 Å². The molecule has 102 valence electrons. The second kappa shape index (κ2) is 5.02. The Labute approximate surface area is 116 Å². The van der Waals surface area contributed by atoms with Gasteiger partial charge in [0.25, 0.3) is 0 Å². The Bertz CT molecular complexity index is 440. The monoisotopic (exact) mass is 259 g/mol. The summed E-state index contributed by atoms with van der Waals surface area (Å²) in [7, 11) is 1.72. The molecule has 0 aromatic heterocycles. The molecule has 1 saturated heterocycles. The predicted octanol–water partition coefficient (Wildman–Crippen LogP) is 3.27. The third-order valence-electron chi connectivity index (χ3n) is 3.90. The second-order valence-corrected chi connectivity index (χ2v) is 5.91. The number of hydrogen-bond acceptors (Lipinski definition) is 3. The highest BCUT2D eigenvalue weighted by Gasteiger charge is 2.50. The van der Waals surface area contributed by atoms with Crippen molar-refractivity contribution in [3.8, 4) is 0 Å². The van der Waals surface area contributed by atoms with E-state index in [0.29, 0.717) is 0 Å². The largest absolute Gasteiger partial charge is 0.488 e. The summed E-state index contributed by atoms with van der Waals surface area (Å²) in [6.45, 7) is 8.23. The Morgan fingerprint density at radius 1 is 1.00 bits per heavy atom. The first-order valence-corrected chi connectivity index (χ1v) is 6.64. The molecule has 0 N–H and O–H groups in total. The fraction of sp³-hybridized carbons (Fsp3) is 0.467. The molecule has 1 fully saturated rings. The standard InChI is InChI=1S/C15H22BNO2/c1-14(2)15(3,4)19-16(18-14)11-12-17(5)13-9-7-6-8-10-13/h6-12H,1-5H3. The summed E-state index contributed by atoms with van der Waals surface area (Å²) < 4.78 is 11.8. The molecule has 0 saturated carbocycles. The van der Waals surface area contributed by atoms with Crippen LogP contribution in [0.1, 0.15) is 27.7 Å². The van der Waals surface area contributed by atoms with E-state index in [1.165, 1.54) is 0 Å². The Kier molecular flexibility index (Phi) is 3.74. The van der Waals surface area contributed by atoms with Crippen molar-refractivity contribution < 1.29 is 9.31 Å². The molecule has 2 rings (SSSR count). The van der Waals surface area contributed by atoms with Crippen LogP contribution < -0.4 is 4.90 Å². The molecule has 4 heteroatoms. The molecule has 0 bridgehead atoms. The van der Waals surface area contributed by atoms with Gasteiger partial charge in [0.2, 0.25) is 0 Å². The number of hydrogen-bond donors (Lipinski definition) is 0. The number of rotatable bonds is 3. The molecule has 3 nitrogen and oxygen atoms in total. The van der Waals surface area contributed by atoms with E-state index in [2.05, 4.69) is 39.8 Å². The average Bonchev–Trinajstić information content (AvgIpc) is 2.56. The Morgan fingerprint density at radius 2 is 1.53 bits per heavy atom. The Hall–Kier alpha value is -1.26. The van der Waals surface area contributed by atoms with Gasteiger partial charge in [-0.3, -0.25) is 0 Å². The van der Waals surface area contributed by atoms with E-state index in [0.717, 1.165) is 5.69 Å². The molecule has 0 unspecified atom stereocenters. The highest BCUT2D eigenvalue weighted by Crippen LogP contribution is 2.36. The highest BCUT2D eigenvalue weighted by molar-refractivity contribution is 6.51. The van der Waals surface area contributed by atoms with E-state index < -0.39 is 0 Å². The summed E-state index contributed by atoms with van der Waals surface area (Å²) in [5, 5.41) is 0. The van der Waals surface area contributed by atoms with Crippen LogP contribution in [-0.2, 0) is 9.31 Å². The Morgan fingerprint density at radius 3 is 2.05 bits per heavy atom. The fourth-order valence-electron chi connectivity index (χ4n) is 1.92. The van der Waals surface area contributed by atoms with E-state index in [-0.39, 0.29) is 18.3 Å². The normalized spacial score (nSPS) is 21.0. The molecule has 1 heterocycles. The fourth-order valence-corrected chi connectivity index (χ4v) is 1.92. The van der Waals surface area contributed by atoms with Gasteiger partial charge >= 0.3 is 7.12 Å². The van der Waals surface area contributed by atoms with Crippen molar-refractivity contribution in [2.45, 2.75) is 38.9 Å².